The van der Waals surface area contributed by atoms with E-state index in [-0.39, 0.29) is 29.6 Å². The Labute approximate surface area is 181 Å². The first-order valence-corrected chi connectivity index (χ1v) is 10.7. The number of nitrogens with zero attached hydrogens (tertiary/aromatic N) is 2. The summed E-state index contributed by atoms with van der Waals surface area (Å²) in [5, 5.41) is 10.1. The number of nitrogens with two attached hydrogens (primary N) is 1. The highest BCUT2D eigenvalue weighted by atomic mass is 19.4. The minimum Gasteiger partial charge on any atom is -0.383 e. The molecule has 4 nitrogen and oxygen atoms in total. The van der Waals surface area contributed by atoms with Crippen molar-refractivity contribution in [3.63, 3.8) is 0 Å². The number of pyridine rings is 1. The van der Waals surface area contributed by atoms with Crippen LogP contribution in [0.2, 0.25) is 0 Å². The molecule has 176 valence electrons. The van der Waals surface area contributed by atoms with Crippen molar-refractivity contribution >= 4 is 11.4 Å². The van der Waals surface area contributed by atoms with Crippen molar-refractivity contribution in [1.29, 1.82) is 0 Å². The van der Waals surface area contributed by atoms with Gasteiger partial charge in [0.2, 0.25) is 0 Å². The first-order chi connectivity index (χ1) is 14.9. The summed E-state index contributed by atoms with van der Waals surface area (Å²) >= 11 is 0. The monoisotopic (exact) mass is 461 g/mol. The van der Waals surface area contributed by atoms with Crippen LogP contribution in [0.4, 0.5) is 32.2 Å². The van der Waals surface area contributed by atoms with Gasteiger partial charge in [-0.1, -0.05) is 6.08 Å². The fourth-order valence-electron chi connectivity index (χ4n) is 5.10. The molecule has 0 spiro atoms. The van der Waals surface area contributed by atoms with Gasteiger partial charge in [0.05, 0.1) is 11.3 Å². The minimum absolute atomic E-state index is 0.168. The van der Waals surface area contributed by atoms with E-state index in [0.717, 1.165) is 25.3 Å². The fraction of sp³-hybridized carbons (Fsp3) is 0.591. The molecule has 2 heterocycles. The quantitative estimate of drug-likeness (QED) is 0.583. The van der Waals surface area contributed by atoms with Crippen LogP contribution in [0, 0.1) is 11.8 Å². The van der Waals surface area contributed by atoms with Crippen molar-refractivity contribution in [3.05, 3.63) is 41.4 Å². The van der Waals surface area contributed by atoms with E-state index in [4.69, 9.17) is 5.73 Å². The average Bonchev–Trinajstić information content (AvgIpc) is 2.66. The molecule has 0 radical (unpaired) electrons. The van der Waals surface area contributed by atoms with Gasteiger partial charge in [0.25, 0.3) is 0 Å². The summed E-state index contributed by atoms with van der Waals surface area (Å²) in [6.45, 7) is 0. The molecule has 0 aromatic carbocycles. The second kappa shape index (κ2) is 8.28. The van der Waals surface area contributed by atoms with Crippen LogP contribution in [0.15, 0.2) is 30.2 Å². The number of fused-ring (bicyclic) bond motifs is 2. The number of hydrogen-bond donors (Lipinski definition) is 2. The first kappa shape index (κ1) is 22.9. The van der Waals surface area contributed by atoms with Crippen LogP contribution in [-0.2, 0) is 6.18 Å². The SMILES string of the molecule is Nc1ncc(/C2=C/N([C@H]3CCC4CC3C4)/C([C@H](O)C(F)(F)F)=C\CCC2)cc1C(F)(F)F. The summed E-state index contributed by atoms with van der Waals surface area (Å²) in [6.07, 6.45) is -3.61. The standard InChI is InChI=1S/C22H25F6N3O/c23-21(24,25)16-9-15(10-30-20(16)29)13-3-1-2-4-18(19(32)22(26,27)28)31(11-13)17-6-5-12-7-14(17)8-12/h4,9-12,14,17,19,32H,1-3,5-8H2,(H2,29,30)/b13-11+,18-4-/t12?,14?,17-,19-/m0/s1. The summed E-state index contributed by atoms with van der Waals surface area (Å²) in [7, 11) is 0. The molecule has 10 heteroatoms. The lowest BCUT2D eigenvalue weighted by molar-refractivity contribution is -0.197. The van der Waals surface area contributed by atoms with Crippen molar-refractivity contribution in [2.24, 2.45) is 11.8 Å². The van der Waals surface area contributed by atoms with Crippen LogP contribution in [0.3, 0.4) is 0 Å². The van der Waals surface area contributed by atoms with Gasteiger partial charge in [-0.25, -0.2) is 4.98 Å². The van der Waals surface area contributed by atoms with Crippen LogP contribution in [0.1, 0.15) is 56.1 Å². The predicted molar refractivity (Wildman–Crippen MR) is 107 cm³/mol. The van der Waals surface area contributed by atoms with Crippen LogP contribution in [0.5, 0.6) is 0 Å². The Morgan fingerprint density at radius 1 is 1.12 bits per heavy atom. The highest BCUT2D eigenvalue weighted by Gasteiger charge is 2.47. The smallest absolute Gasteiger partial charge is 0.383 e. The van der Waals surface area contributed by atoms with Gasteiger partial charge in [-0.15, -0.1) is 0 Å². The normalized spacial score (nSPS) is 30.8. The molecule has 3 saturated carbocycles. The van der Waals surface area contributed by atoms with Crippen molar-refractivity contribution in [2.45, 2.75) is 69.4 Å². The molecule has 0 unspecified atom stereocenters. The number of hydrogen-bond acceptors (Lipinski definition) is 4. The van der Waals surface area contributed by atoms with E-state index in [0.29, 0.717) is 30.8 Å². The first-order valence-electron chi connectivity index (χ1n) is 10.7. The molecule has 3 aliphatic carbocycles. The highest BCUT2D eigenvalue weighted by molar-refractivity contribution is 5.67. The van der Waals surface area contributed by atoms with E-state index in [2.05, 4.69) is 4.98 Å². The number of nitrogen functional groups attached to an aromatic ring is 1. The number of alkyl halides is 6. The predicted octanol–water partition coefficient (Wildman–Crippen LogP) is 5.51. The van der Waals surface area contributed by atoms with Gasteiger partial charge in [-0.05, 0) is 74.0 Å². The third-order valence-electron chi connectivity index (χ3n) is 6.83. The Morgan fingerprint density at radius 3 is 2.44 bits per heavy atom. The molecule has 0 saturated heterocycles. The number of rotatable bonds is 3. The molecule has 1 aromatic rings. The average molecular weight is 461 g/mol. The van der Waals surface area contributed by atoms with Crippen LogP contribution < -0.4 is 5.73 Å². The third-order valence-corrected chi connectivity index (χ3v) is 6.83. The molecule has 2 atom stereocenters. The van der Waals surface area contributed by atoms with Gasteiger partial charge in [-0.2, -0.15) is 26.3 Å². The topological polar surface area (TPSA) is 62.4 Å². The van der Waals surface area contributed by atoms with E-state index in [1.165, 1.54) is 23.4 Å². The zero-order chi connectivity index (χ0) is 23.3. The summed E-state index contributed by atoms with van der Waals surface area (Å²) < 4.78 is 80.5. The molecular formula is C22H25F6N3O. The van der Waals surface area contributed by atoms with Gasteiger partial charge in [0, 0.05) is 18.4 Å². The van der Waals surface area contributed by atoms with Gasteiger partial charge in [0.1, 0.15) is 5.82 Å². The molecule has 1 aliphatic heterocycles. The fourth-order valence-corrected chi connectivity index (χ4v) is 5.10. The number of allylic oxidation sites excluding steroid dienone is 2. The van der Waals surface area contributed by atoms with Gasteiger partial charge in [0.15, 0.2) is 6.10 Å². The Bertz CT molecular complexity index is 914. The molecule has 3 fully saturated rings. The lowest BCUT2D eigenvalue weighted by atomic mass is 9.62. The molecule has 4 aliphatic rings. The van der Waals surface area contributed by atoms with E-state index in [1.807, 2.05) is 0 Å². The van der Waals surface area contributed by atoms with Crippen molar-refractivity contribution in [1.82, 2.24) is 9.88 Å². The maximum absolute atomic E-state index is 13.5. The summed E-state index contributed by atoms with van der Waals surface area (Å²) in [4.78, 5) is 5.17. The van der Waals surface area contributed by atoms with Gasteiger partial charge in [-0.3, -0.25) is 0 Å². The summed E-state index contributed by atoms with van der Waals surface area (Å²) in [6, 6.07) is 0.665. The maximum Gasteiger partial charge on any atom is 0.420 e. The Kier molecular flexibility index (Phi) is 5.94. The van der Waals surface area contributed by atoms with Crippen molar-refractivity contribution in [2.75, 3.05) is 5.73 Å². The highest BCUT2D eigenvalue weighted by Crippen LogP contribution is 2.49. The Morgan fingerprint density at radius 2 is 1.84 bits per heavy atom. The van der Waals surface area contributed by atoms with Crippen LogP contribution in [0.25, 0.3) is 5.57 Å². The molecule has 0 amide bonds. The van der Waals surface area contributed by atoms with Gasteiger partial charge < -0.3 is 15.7 Å². The summed E-state index contributed by atoms with van der Waals surface area (Å²) in [5.41, 5.74) is 4.71. The third kappa shape index (κ3) is 4.46. The van der Waals surface area contributed by atoms with E-state index in [1.54, 1.807) is 0 Å². The summed E-state index contributed by atoms with van der Waals surface area (Å²) in [5.74, 6) is 0.139. The van der Waals surface area contributed by atoms with Crippen molar-refractivity contribution in [3.8, 4) is 0 Å². The molecular weight excluding hydrogens is 436 g/mol. The molecule has 32 heavy (non-hydrogen) atoms. The number of anilines is 1. The largest absolute Gasteiger partial charge is 0.420 e. The van der Waals surface area contributed by atoms with Crippen molar-refractivity contribution < 1.29 is 31.4 Å². The van der Waals surface area contributed by atoms with E-state index < -0.39 is 29.8 Å². The number of halogens is 6. The van der Waals surface area contributed by atoms with Gasteiger partial charge >= 0.3 is 12.4 Å². The maximum atomic E-state index is 13.5. The second-order valence-electron chi connectivity index (χ2n) is 8.92. The Hall–Kier alpha value is -2.23. The number of aliphatic hydroxyl groups is 1. The molecule has 5 rings (SSSR count). The van der Waals surface area contributed by atoms with E-state index in [9.17, 15) is 31.4 Å². The van der Waals surface area contributed by atoms with Crippen LogP contribution in [-0.4, -0.2) is 33.3 Å². The van der Waals surface area contributed by atoms with Crippen LogP contribution >= 0.6 is 0 Å². The second-order valence-corrected chi connectivity index (χ2v) is 8.92. The number of aliphatic hydroxyl groups excluding tert-OH is 1. The Balaban J connectivity index is 1.78. The molecule has 2 bridgehead atoms. The lowest BCUT2D eigenvalue weighted by Gasteiger charge is -2.51. The lowest BCUT2D eigenvalue weighted by Crippen LogP contribution is -2.50. The molecule has 1 aromatic heterocycles. The zero-order valence-corrected chi connectivity index (χ0v) is 17.3. The molecule has 3 N–H and O–H groups in total. The minimum atomic E-state index is -4.85. The number of aromatic nitrogens is 1. The van der Waals surface area contributed by atoms with E-state index >= 15 is 0 Å². The zero-order valence-electron chi connectivity index (χ0n) is 17.3.